The van der Waals surface area contributed by atoms with Crippen molar-refractivity contribution < 1.29 is 4.79 Å². The number of amides is 1. The molecule has 0 aliphatic carbocycles. The van der Waals surface area contributed by atoms with Gasteiger partial charge < -0.3 is 0 Å². The summed E-state index contributed by atoms with van der Waals surface area (Å²) < 4.78 is 0. The molecule has 0 unspecified atom stereocenters. The van der Waals surface area contributed by atoms with Crippen LogP contribution in [-0.4, -0.2) is 17.1 Å². The molecule has 1 aromatic heterocycles. The molecule has 1 amide bonds. The first kappa shape index (κ1) is 13.9. The van der Waals surface area contributed by atoms with E-state index in [1.54, 1.807) is 12.4 Å². The average Bonchev–Trinajstić information content (AvgIpc) is 2.55. The Hall–Kier alpha value is -3.01. The molecule has 0 saturated heterocycles. The molecule has 0 fully saturated rings. The molecule has 3 rings (SSSR count). The van der Waals surface area contributed by atoms with Gasteiger partial charge in [-0.05, 0) is 23.3 Å². The van der Waals surface area contributed by atoms with Gasteiger partial charge in [-0.3, -0.25) is 9.78 Å². The zero-order chi connectivity index (χ0) is 15.2. The number of pyridine rings is 1. The summed E-state index contributed by atoms with van der Waals surface area (Å²) in [4.78, 5) is 16.1. The Morgan fingerprint density at radius 2 is 1.95 bits per heavy atom. The summed E-state index contributed by atoms with van der Waals surface area (Å²) in [5.74, 6) is -0.138. The third-order valence-corrected chi connectivity index (χ3v) is 3.24. The Balaban J connectivity index is 1.62. The molecular weight excluding hydrogens is 274 g/mol. The minimum absolute atomic E-state index is 0.138. The normalized spacial score (nSPS) is 10.9. The Labute approximate surface area is 128 Å². The van der Waals surface area contributed by atoms with Gasteiger partial charge in [-0.25, -0.2) is 5.43 Å². The lowest BCUT2D eigenvalue weighted by atomic mass is 10.1. The number of nitrogens with one attached hydrogen (secondary N) is 1. The first-order chi connectivity index (χ1) is 10.8. The van der Waals surface area contributed by atoms with E-state index < -0.39 is 0 Å². The highest BCUT2D eigenvalue weighted by molar-refractivity contribution is 5.89. The number of rotatable bonds is 4. The van der Waals surface area contributed by atoms with Crippen LogP contribution in [0.15, 0.2) is 72.0 Å². The highest BCUT2D eigenvalue weighted by Gasteiger charge is 2.01. The molecule has 0 spiro atoms. The molecule has 0 atom stereocenters. The second kappa shape index (κ2) is 6.63. The van der Waals surface area contributed by atoms with Crippen molar-refractivity contribution >= 4 is 23.0 Å². The summed E-state index contributed by atoms with van der Waals surface area (Å²) in [6.07, 6.45) is 3.69. The molecule has 0 bridgehead atoms. The third kappa shape index (κ3) is 3.55. The number of hydrogen-bond donors (Lipinski definition) is 1. The maximum atomic E-state index is 11.8. The molecule has 0 radical (unpaired) electrons. The van der Waals surface area contributed by atoms with Crippen LogP contribution in [0.3, 0.4) is 0 Å². The van der Waals surface area contributed by atoms with E-state index >= 15 is 0 Å². The van der Waals surface area contributed by atoms with Gasteiger partial charge >= 0.3 is 0 Å². The number of aromatic nitrogens is 1. The molecule has 0 aliphatic rings. The van der Waals surface area contributed by atoms with Crippen LogP contribution in [0.2, 0.25) is 0 Å². The third-order valence-electron chi connectivity index (χ3n) is 3.24. The molecule has 4 nitrogen and oxygen atoms in total. The zero-order valence-electron chi connectivity index (χ0n) is 11.9. The van der Waals surface area contributed by atoms with Gasteiger partial charge in [0.2, 0.25) is 5.91 Å². The summed E-state index contributed by atoms with van der Waals surface area (Å²) in [6.45, 7) is 0. The van der Waals surface area contributed by atoms with Crippen LogP contribution in [0.4, 0.5) is 0 Å². The second-order valence-electron chi connectivity index (χ2n) is 4.91. The molecule has 3 aromatic rings. The van der Waals surface area contributed by atoms with Crippen molar-refractivity contribution in [3.8, 4) is 0 Å². The second-order valence-corrected chi connectivity index (χ2v) is 4.91. The highest BCUT2D eigenvalue weighted by atomic mass is 16.2. The molecule has 4 heteroatoms. The van der Waals surface area contributed by atoms with E-state index in [1.165, 1.54) is 0 Å². The van der Waals surface area contributed by atoms with Crippen molar-refractivity contribution in [1.82, 2.24) is 10.4 Å². The minimum atomic E-state index is -0.138. The Morgan fingerprint density at radius 3 is 2.82 bits per heavy atom. The average molecular weight is 289 g/mol. The zero-order valence-corrected chi connectivity index (χ0v) is 11.9. The summed E-state index contributed by atoms with van der Waals surface area (Å²) >= 11 is 0. The molecule has 0 saturated carbocycles. The lowest BCUT2D eigenvalue weighted by molar-refractivity contribution is -0.120. The number of carbonyl (C=O) groups excluding carboxylic acids is 1. The smallest absolute Gasteiger partial charge is 0.244 e. The van der Waals surface area contributed by atoms with E-state index in [0.29, 0.717) is 6.42 Å². The largest absolute Gasteiger partial charge is 0.273 e. The Kier molecular flexibility index (Phi) is 4.20. The van der Waals surface area contributed by atoms with Crippen LogP contribution in [0.5, 0.6) is 0 Å². The van der Waals surface area contributed by atoms with E-state index in [-0.39, 0.29) is 5.91 Å². The number of carbonyl (C=O) groups is 1. The van der Waals surface area contributed by atoms with E-state index in [2.05, 4.69) is 15.5 Å². The monoisotopic (exact) mass is 289 g/mol. The SMILES string of the molecule is O=C(Cc1ccccc1)NN=Cc1ccc2cccnc2c1. The van der Waals surface area contributed by atoms with Crippen LogP contribution < -0.4 is 5.43 Å². The van der Waals surface area contributed by atoms with Crippen molar-refractivity contribution in [3.05, 3.63) is 78.0 Å². The molecule has 108 valence electrons. The summed E-state index contributed by atoms with van der Waals surface area (Å²) in [7, 11) is 0. The fraction of sp³-hybridized carbons (Fsp3) is 0.0556. The van der Waals surface area contributed by atoms with Gasteiger partial charge in [-0.15, -0.1) is 0 Å². The van der Waals surface area contributed by atoms with Gasteiger partial charge in [0, 0.05) is 11.6 Å². The van der Waals surface area contributed by atoms with E-state index in [1.807, 2.05) is 60.7 Å². The van der Waals surface area contributed by atoms with Crippen LogP contribution >= 0.6 is 0 Å². The van der Waals surface area contributed by atoms with E-state index in [4.69, 9.17) is 0 Å². The standard InChI is InChI=1S/C18H15N3O/c22-18(12-14-5-2-1-3-6-14)21-20-13-15-8-9-16-7-4-10-19-17(16)11-15/h1-11,13H,12H2,(H,21,22). The van der Waals surface area contributed by atoms with Crippen LogP contribution in [0.1, 0.15) is 11.1 Å². The maximum Gasteiger partial charge on any atom is 0.244 e. The highest BCUT2D eigenvalue weighted by Crippen LogP contribution is 2.11. The fourth-order valence-electron chi connectivity index (χ4n) is 2.16. The lowest BCUT2D eigenvalue weighted by Gasteiger charge is -2.00. The number of hydrazone groups is 1. The first-order valence-electron chi connectivity index (χ1n) is 7.02. The van der Waals surface area contributed by atoms with Crippen molar-refractivity contribution in [2.45, 2.75) is 6.42 Å². The fourth-order valence-corrected chi connectivity index (χ4v) is 2.16. The molecule has 1 N–H and O–H groups in total. The van der Waals surface area contributed by atoms with Crippen LogP contribution in [0.25, 0.3) is 10.9 Å². The lowest BCUT2D eigenvalue weighted by Crippen LogP contribution is -2.19. The molecule has 2 aromatic carbocycles. The quantitative estimate of drug-likeness (QED) is 0.593. The Morgan fingerprint density at radius 1 is 1.09 bits per heavy atom. The van der Waals surface area contributed by atoms with Crippen molar-refractivity contribution in [3.63, 3.8) is 0 Å². The van der Waals surface area contributed by atoms with Crippen molar-refractivity contribution in [2.24, 2.45) is 5.10 Å². The number of benzene rings is 2. The topological polar surface area (TPSA) is 54.4 Å². The molecule has 1 heterocycles. The Bertz CT molecular complexity index is 813. The number of hydrogen-bond acceptors (Lipinski definition) is 3. The molecule has 0 aliphatic heterocycles. The predicted octanol–water partition coefficient (Wildman–Crippen LogP) is 2.93. The van der Waals surface area contributed by atoms with Gasteiger partial charge in [0.1, 0.15) is 0 Å². The van der Waals surface area contributed by atoms with Crippen molar-refractivity contribution in [2.75, 3.05) is 0 Å². The van der Waals surface area contributed by atoms with Crippen LogP contribution in [0, 0.1) is 0 Å². The summed E-state index contributed by atoms with van der Waals surface area (Å²) in [5, 5.41) is 5.07. The van der Waals surface area contributed by atoms with E-state index in [9.17, 15) is 4.79 Å². The van der Waals surface area contributed by atoms with Gasteiger partial charge in [0.05, 0.1) is 18.2 Å². The van der Waals surface area contributed by atoms with Gasteiger partial charge in [-0.1, -0.05) is 48.5 Å². The minimum Gasteiger partial charge on any atom is -0.273 e. The van der Waals surface area contributed by atoms with Gasteiger partial charge in [0.25, 0.3) is 0 Å². The summed E-state index contributed by atoms with van der Waals surface area (Å²) in [5.41, 5.74) is 5.30. The van der Waals surface area contributed by atoms with Gasteiger partial charge in [-0.2, -0.15) is 5.10 Å². The number of fused-ring (bicyclic) bond motifs is 1. The van der Waals surface area contributed by atoms with Crippen LogP contribution in [-0.2, 0) is 11.2 Å². The predicted molar refractivity (Wildman–Crippen MR) is 87.6 cm³/mol. The maximum absolute atomic E-state index is 11.8. The molecule has 22 heavy (non-hydrogen) atoms. The van der Waals surface area contributed by atoms with Crippen molar-refractivity contribution in [1.29, 1.82) is 0 Å². The summed E-state index contributed by atoms with van der Waals surface area (Å²) in [6, 6.07) is 19.3. The molecular formula is C18H15N3O. The first-order valence-corrected chi connectivity index (χ1v) is 7.02. The number of nitrogens with zero attached hydrogens (tertiary/aromatic N) is 2. The van der Waals surface area contributed by atoms with Gasteiger partial charge in [0.15, 0.2) is 0 Å². The van der Waals surface area contributed by atoms with E-state index in [0.717, 1.165) is 22.0 Å².